The summed E-state index contributed by atoms with van der Waals surface area (Å²) in [6.45, 7) is 0.0602. The molecule has 0 saturated carbocycles. The summed E-state index contributed by atoms with van der Waals surface area (Å²) >= 11 is 1.26. The van der Waals surface area contributed by atoms with Crippen molar-refractivity contribution in [3.8, 4) is 11.5 Å². The van der Waals surface area contributed by atoms with Crippen molar-refractivity contribution in [3.63, 3.8) is 0 Å². The summed E-state index contributed by atoms with van der Waals surface area (Å²) in [5.41, 5.74) is 0. The SMILES string of the molecule is COc1ccc(S(=O)(=O)NCc2nn3cnnc3s2)cc1OC. The van der Waals surface area contributed by atoms with Gasteiger partial charge in [-0.15, -0.1) is 10.2 Å². The number of methoxy groups -OCH3 is 2. The van der Waals surface area contributed by atoms with Crippen molar-refractivity contribution >= 4 is 26.3 Å². The number of aromatic nitrogens is 4. The Morgan fingerprint density at radius 2 is 2.04 bits per heavy atom. The first-order valence-corrected chi connectivity index (χ1v) is 8.71. The second kappa shape index (κ2) is 6.10. The third-order valence-electron chi connectivity index (χ3n) is 3.01. The molecule has 23 heavy (non-hydrogen) atoms. The summed E-state index contributed by atoms with van der Waals surface area (Å²) < 4.78 is 38.9. The minimum Gasteiger partial charge on any atom is -0.493 e. The summed E-state index contributed by atoms with van der Waals surface area (Å²) in [7, 11) is -0.771. The third-order valence-corrected chi connectivity index (χ3v) is 5.32. The number of benzene rings is 1. The van der Waals surface area contributed by atoms with Gasteiger partial charge in [-0.2, -0.15) is 9.61 Å². The molecule has 0 atom stereocenters. The second-order valence-corrected chi connectivity index (χ2v) is 7.20. The van der Waals surface area contributed by atoms with Crippen LogP contribution in [0, 0.1) is 0 Å². The molecular weight excluding hydrogens is 342 g/mol. The smallest absolute Gasteiger partial charge is 0.241 e. The van der Waals surface area contributed by atoms with E-state index in [0.717, 1.165) is 0 Å². The van der Waals surface area contributed by atoms with Crippen LogP contribution in [0.1, 0.15) is 5.01 Å². The number of nitrogens with zero attached hydrogens (tertiary/aromatic N) is 4. The van der Waals surface area contributed by atoms with Crippen LogP contribution in [-0.4, -0.2) is 42.4 Å². The Balaban J connectivity index is 1.79. The van der Waals surface area contributed by atoms with Gasteiger partial charge in [-0.05, 0) is 12.1 Å². The molecule has 0 aliphatic rings. The van der Waals surface area contributed by atoms with E-state index in [0.29, 0.717) is 21.5 Å². The minimum atomic E-state index is -3.70. The van der Waals surface area contributed by atoms with Gasteiger partial charge in [0.1, 0.15) is 11.3 Å². The molecule has 1 aromatic carbocycles. The Bertz CT molecular complexity index is 905. The molecule has 0 aliphatic carbocycles. The number of hydrogen-bond acceptors (Lipinski definition) is 8. The largest absolute Gasteiger partial charge is 0.493 e. The molecule has 122 valence electrons. The quantitative estimate of drug-likeness (QED) is 0.693. The van der Waals surface area contributed by atoms with Gasteiger partial charge >= 0.3 is 0 Å². The van der Waals surface area contributed by atoms with E-state index in [-0.39, 0.29) is 11.4 Å². The van der Waals surface area contributed by atoms with Crippen LogP contribution in [0.15, 0.2) is 29.4 Å². The average molecular weight is 355 g/mol. The van der Waals surface area contributed by atoms with Gasteiger partial charge in [0.25, 0.3) is 0 Å². The molecule has 3 aromatic rings. The highest BCUT2D eigenvalue weighted by Gasteiger charge is 2.18. The maximum absolute atomic E-state index is 12.4. The predicted octanol–water partition coefficient (Wildman–Crippen LogP) is 0.681. The lowest BCUT2D eigenvalue weighted by molar-refractivity contribution is 0.354. The number of nitrogens with one attached hydrogen (secondary N) is 1. The first-order chi connectivity index (χ1) is 11.0. The fourth-order valence-corrected chi connectivity index (χ4v) is 3.74. The van der Waals surface area contributed by atoms with Crippen LogP contribution in [0.5, 0.6) is 11.5 Å². The zero-order valence-corrected chi connectivity index (χ0v) is 13.9. The molecule has 0 spiro atoms. The van der Waals surface area contributed by atoms with Gasteiger partial charge in [-0.1, -0.05) is 11.3 Å². The Morgan fingerprint density at radius 1 is 1.26 bits per heavy atom. The molecule has 0 bridgehead atoms. The van der Waals surface area contributed by atoms with E-state index >= 15 is 0 Å². The van der Waals surface area contributed by atoms with E-state index in [4.69, 9.17) is 9.47 Å². The Labute approximate surface area is 135 Å². The normalized spacial score (nSPS) is 11.7. The molecule has 1 N–H and O–H groups in total. The summed E-state index contributed by atoms with van der Waals surface area (Å²) in [6, 6.07) is 4.39. The topological polar surface area (TPSA) is 108 Å². The number of sulfonamides is 1. The standard InChI is InChI=1S/C12H13N5O4S2/c1-20-9-4-3-8(5-10(9)21-2)23(18,19)14-6-11-16-17-7-13-15-12(17)22-11/h3-5,7,14H,6H2,1-2H3. The lowest BCUT2D eigenvalue weighted by atomic mass is 10.3. The van der Waals surface area contributed by atoms with Crippen LogP contribution >= 0.6 is 11.3 Å². The summed E-state index contributed by atoms with van der Waals surface area (Å²) in [4.78, 5) is 0.684. The summed E-state index contributed by atoms with van der Waals surface area (Å²) in [5.74, 6) is 0.800. The Kier molecular flexibility index (Phi) is 4.15. The van der Waals surface area contributed by atoms with Crippen LogP contribution in [0.2, 0.25) is 0 Å². The van der Waals surface area contributed by atoms with E-state index in [1.54, 1.807) is 0 Å². The average Bonchev–Trinajstić information content (AvgIpc) is 3.13. The first-order valence-electron chi connectivity index (χ1n) is 6.41. The highest BCUT2D eigenvalue weighted by Crippen LogP contribution is 2.29. The van der Waals surface area contributed by atoms with E-state index < -0.39 is 10.0 Å². The third kappa shape index (κ3) is 3.11. The highest BCUT2D eigenvalue weighted by molar-refractivity contribution is 7.89. The van der Waals surface area contributed by atoms with Crippen molar-refractivity contribution in [2.75, 3.05) is 14.2 Å². The van der Waals surface area contributed by atoms with Crippen molar-refractivity contribution in [1.82, 2.24) is 24.5 Å². The Morgan fingerprint density at radius 3 is 2.74 bits per heavy atom. The van der Waals surface area contributed by atoms with Crippen molar-refractivity contribution in [2.45, 2.75) is 11.4 Å². The Hall–Kier alpha value is -2.24. The molecule has 2 heterocycles. The van der Waals surface area contributed by atoms with Gasteiger partial charge < -0.3 is 9.47 Å². The summed E-state index contributed by atoms with van der Waals surface area (Å²) in [5, 5.41) is 12.3. The second-order valence-electron chi connectivity index (χ2n) is 4.40. The number of ether oxygens (including phenoxy) is 2. The maximum atomic E-state index is 12.4. The molecule has 0 amide bonds. The molecule has 11 heteroatoms. The lowest BCUT2D eigenvalue weighted by Gasteiger charge is -2.10. The molecule has 9 nitrogen and oxygen atoms in total. The fraction of sp³-hybridized carbons (Fsp3) is 0.250. The van der Waals surface area contributed by atoms with Crippen LogP contribution in [0.3, 0.4) is 0 Å². The van der Waals surface area contributed by atoms with Crippen molar-refractivity contribution in [1.29, 1.82) is 0 Å². The van der Waals surface area contributed by atoms with Gasteiger partial charge in [0.05, 0.1) is 25.7 Å². The summed E-state index contributed by atoms with van der Waals surface area (Å²) in [6.07, 6.45) is 1.46. The van der Waals surface area contributed by atoms with Crippen molar-refractivity contribution < 1.29 is 17.9 Å². The van der Waals surface area contributed by atoms with Gasteiger partial charge in [0, 0.05) is 6.07 Å². The molecule has 0 fully saturated rings. The van der Waals surface area contributed by atoms with E-state index in [2.05, 4.69) is 20.0 Å². The molecule has 2 aromatic heterocycles. The first kappa shape index (κ1) is 15.6. The van der Waals surface area contributed by atoms with Gasteiger partial charge in [-0.25, -0.2) is 13.1 Å². The minimum absolute atomic E-state index is 0.0602. The van der Waals surface area contributed by atoms with Gasteiger partial charge in [-0.3, -0.25) is 0 Å². The van der Waals surface area contributed by atoms with Crippen LogP contribution in [0.4, 0.5) is 0 Å². The maximum Gasteiger partial charge on any atom is 0.241 e. The van der Waals surface area contributed by atoms with Crippen LogP contribution in [-0.2, 0) is 16.6 Å². The molecular formula is C12H13N5O4S2. The zero-order chi connectivity index (χ0) is 16.4. The highest BCUT2D eigenvalue weighted by atomic mass is 32.2. The number of fused-ring (bicyclic) bond motifs is 1. The molecule has 3 rings (SSSR count). The number of hydrogen-bond donors (Lipinski definition) is 1. The van der Waals surface area contributed by atoms with Gasteiger partial charge in [0.2, 0.25) is 15.0 Å². The van der Waals surface area contributed by atoms with Crippen molar-refractivity contribution in [2.24, 2.45) is 0 Å². The molecule has 0 unspecified atom stereocenters. The van der Waals surface area contributed by atoms with Crippen LogP contribution < -0.4 is 14.2 Å². The predicted molar refractivity (Wildman–Crippen MR) is 82.2 cm³/mol. The van der Waals surface area contributed by atoms with Crippen LogP contribution in [0.25, 0.3) is 4.96 Å². The molecule has 0 aliphatic heterocycles. The molecule has 0 saturated heterocycles. The monoisotopic (exact) mass is 355 g/mol. The van der Waals surface area contributed by atoms with E-state index in [1.165, 1.54) is 54.6 Å². The zero-order valence-electron chi connectivity index (χ0n) is 12.3. The molecule has 0 radical (unpaired) electrons. The lowest BCUT2D eigenvalue weighted by Crippen LogP contribution is -2.23. The van der Waals surface area contributed by atoms with E-state index in [1.807, 2.05) is 0 Å². The van der Waals surface area contributed by atoms with E-state index in [9.17, 15) is 8.42 Å². The van der Waals surface area contributed by atoms with Crippen molar-refractivity contribution in [3.05, 3.63) is 29.5 Å². The fourth-order valence-electron chi connectivity index (χ4n) is 1.90. The number of rotatable bonds is 6. The van der Waals surface area contributed by atoms with Gasteiger partial charge in [0.15, 0.2) is 11.5 Å².